The number of hydrogen-bond acceptors (Lipinski definition) is 4. The first-order valence-corrected chi connectivity index (χ1v) is 12.8. The summed E-state index contributed by atoms with van der Waals surface area (Å²) in [7, 11) is 0. The van der Waals surface area contributed by atoms with Gasteiger partial charge in [0.1, 0.15) is 18.5 Å². The molecule has 1 atom stereocenters. The van der Waals surface area contributed by atoms with Gasteiger partial charge in [-0.05, 0) is 73.4 Å². The van der Waals surface area contributed by atoms with Gasteiger partial charge in [-0.3, -0.25) is 0 Å². The van der Waals surface area contributed by atoms with E-state index in [0.717, 1.165) is 55.4 Å². The molecule has 3 N–H and O–H groups in total. The Morgan fingerprint density at radius 2 is 1.59 bits per heavy atom. The van der Waals surface area contributed by atoms with Crippen molar-refractivity contribution in [1.82, 2.24) is 0 Å². The van der Waals surface area contributed by atoms with Crippen LogP contribution in [-0.4, -0.2) is 40.2 Å². The molecule has 0 amide bonds. The molecule has 1 aliphatic rings. The molecule has 3 rings (SSSR count). The van der Waals surface area contributed by atoms with Crippen LogP contribution in [0.25, 0.3) is 6.08 Å². The summed E-state index contributed by atoms with van der Waals surface area (Å²) < 4.78 is 5.71. The Balaban J connectivity index is 1.88. The number of aliphatic hydroxyl groups is 3. The van der Waals surface area contributed by atoms with Gasteiger partial charge in [-0.2, -0.15) is 0 Å². The molecule has 0 bridgehead atoms. The van der Waals surface area contributed by atoms with E-state index in [-0.39, 0.29) is 18.6 Å². The molecule has 2 aromatic carbocycles. The molecule has 1 saturated carbocycles. The average Bonchev–Trinajstić information content (AvgIpc) is 2.84. The van der Waals surface area contributed by atoms with Crippen LogP contribution in [0.4, 0.5) is 0 Å². The summed E-state index contributed by atoms with van der Waals surface area (Å²) >= 11 is 0. The van der Waals surface area contributed by atoms with E-state index in [9.17, 15) is 10.2 Å². The lowest BCUT2D eigenvalue weighted by Gasteiger charge is -2.34. The molecule has 0 heterocycles. The van der Waals surface area contributed by atoms with Crippen molar-refractivity contribution >= 4 is 6.08 Å². The number of hydrogen-bond donors (Lipinski definition) is 3. The van der Waals surface area contributed by atoms with E-state index in [2.05, 4.69) is 57.2 Å². The Labute approximate surface area is 205 Å². The summed E-state index contributed by atoms with van der Waals surface area (Å²) in [5.41, 5.74) is 5.18. The van der Waals surface area contributed by atoms with Crippen LogP contribution in [0.2, 0.25) is 0 Å². The van der Waals surface area contributed by atoms with Crippen LogP contribution in [0.1, 0.15) is 86.6 Å². The Bertz CT molecular complexity index is 968. The lowest BCUT2D eigenvalue weighted by molar-refractivity contribution is 0.0521. The van der Waals surface area contributed by atoms with Crippen molar-refractivity contribution in [2.75, 3.05) is 13.2 Å². The Morgan fingerprint density at radius 1 is 0.971 bits per heavy atom. The minimum atomic E-state index is -0.876. The highest BCUT2D eigenvalue weighted by Crippen LogP contribution is 2.41. The van der Waals surface area contributed by atoms with E-state index < -0.39 is 11.7 Å². The second-order valence-electron chi connectivity index (χ2n) is 9.99. The SMILES string of the molecule is CCC(CC)(c1ccc(C=CC2(O)CCCCC2)c(C)c1)c1ccc(OC[C@@H](O)CO)c(C)c1. The van der Waals surface area contributed by atoms with Crippen molar-refractivity contribution in [2.45, 2.75) is 89.8 Å². The standard InChI is InChI=1S/C30H42O4/c1-5-30(6-2,26-12-13-28(23(4)19-26)34-21-27(32)20-31)25-11-10-24(22(3)18-25)14-17-29(33)15-8-7-9-16-29/h10-14,17-19,27,31-33H,5-9,15-16,20-21H2,1-4H3/t27-/m0/s1. The normalized spacial score (nSPS) is 17.1. The monoisotopic (exact) mass is 466 g/mol. The summed E-state index contributed by atoms with van der Waals surface area (Å²) in [6.07, 6.45) is 10.3. The van der Waals surface area contributed by atoms with Gasteiger partial charge < -0.3 is 20.1 Å². The molecule has 34 heavy (non-hydrogen) atoms. The highest BCUT2D eigenvalue weighted by Gasteiger charge is 2.31. The third-order valence-corrected chi connectivity index (χ3v) is 7.69. The van der Waals surface area contributed by atoms with Crippen molar-refractivity contribution in [3.8, 4) is 5.75 Å². The van der Waals surface area contributed by atoms with Crippen molar-refractivity contribution in [3.63, 3.8) is 0 Å². The van der Waals surface area contributed by atoms with Crippen LogP contribution in [0, 0.1) is 13.8 Å². The van der Waals surface area contributed by atoms with Crippen molar-refractivity contribution in [1.29, 1.82) is 0 Å². The van der Waals surface area contributed by atoms with Gasteiger partial charge in [-0.25, -0.2) is 0 Å². The average molecular weight is 467 g/mol. The molecule has 2 aromatic rings. The lowest BCUT2D eigenvalue weighted by atomic mass is 9.70. The number of rotatable bonds is 10. The first-order valence-electron chi connectivity index (χ1n) is 12.8. The van der Waals surface area contributed by atoms with E-state index in [4.69, 9.17) is 9.84 Å². The molecule has 4 nitrogen and oxygen atoms in total. The summed E-state index contributed by atoms with van der Waals surface area (Å²) in [4.78, 5) is 0. The molecule has 0 radical (unpaired) electrons. The molecule has 186 valence electrons. The molecular weight excluding hydrogens is 424 g/mol. The fraction of sp³-hybridized carbons (Fsp3) is 0.533. The fourth-order valence-electron chi connectivity index (χ4n) is 5.32. The van der Waals surface area contributed by atoms with E-state index in [0.29, 0.717) is 0 Å². The lowest BCUT2D eigenvalue weighted by Crippen LogP contribution is -2.28. The van der Waals surface area contributed by atoms with Crippen LogP contribution in [0.5, 0.6) is 5.75 Å². The topological polar surface area (TPSA) is 69.9 Å². The highest BCUT2D eigenvalue weighted by molar-refractivity contribution is 5.57. The highest BCUT2D eigenvalue weighted by atomic mass is 16.5. The van der Waals surface area contributed by atoms with Gasteiger partial charge in [0.05, 0.1) is 12.2 Å². The molecular formula is C30H42O4. The number of benzene rings is 2. The van der Waals surface area contributed by atoms with Crippen LogP contribution in [-0.2, 0) is 5.41 Å². The van der Waals surface area contributed by atoms with Crippen LogP contribution < -0.4 is 4.74 Å². The summed E-state index contributed by atoms with van der Waals surface area (Å²) in [6.45, 7) is 8.42. The minimum absolute atomic E-state index is 0.0761. The van der Waals surface area contributed by atoms with Crippen LogP contribution >= 0.6 is 0 Å². The molecule has 4 heteroatoms. The molecule has 0 saturated heterocycles. The first-order chi connectivity index (χ1) is 16.3. The Morgan fingerprint density at radius 3 is 2.15 bits per heavy atom. The summed E-state index contributed by atoms with van der Waals surface area (Å²) in [5, 5.41) is 29.5. The van der Waals surface area contributed by atoms with Crippen LogP contribution in [0.15, 0.2) is 42.5 Å². The summed E-state index contributed by atoms with van der Waals surface area (Å²) in [5.74, 6) is 0.731. The minimum Gasteiger partial charge on any atom is -0.491 e. The number of aryl methyl sites for hydroxylation is 2. The Hall–Kier alpha value is -2.14. The number of aliphatic hydroxyl groups excluding tert-OH is 2. The van der Waals surface area contributed by atoms with Gasteiger partial charge in [-0.1, -0.05) is 75.6 Å². The zero-order valence-corrected chi connectivity index (χ0v) is 21.3. The maximum atomic E-state index is 10.8. The summed E-state index contributed by atoms with van der Waals surface area (Å²) in [6, 6.07) is 13.0. The molecule has 0 aromatic heterocycles. The largest absolute Gasteiger partial charge is 0.491 e. The second-order valence-corrected chi connectivity index (χ2v) is 9.99. The predicted octanol–water partition coefficient (Wildman–Crippen LogP) is 5.85. The Kier molecular flexibility index (Phi) is 8.97. The smallest absolute Gasteiger partial charge is 0.122 e. The zero-order chi connectivity index (χ0) is 24.8. The van der Waals surface area contributed by atoms with E-state index in [1.165, 1.54) is 23.1 Å². The second kappa shape index (κ2) is 11.5. The van der Waals surface area contributed by atoms with Gasteiger partial charge in [-0.15, -0.1) is 0 Å². The van der Waals surface area contributed by atoms with E-state index >= 15 is 0 Å². The molecule has 0 spiro atoms. The molecule has 1 fully saturated rings. The van der Waals surface area contributed by atoms with Crippen molar-refractivity contribution < 1.29 is 20.1 Å². The van der Waals surface area contributed by atoms with Gasteiger partial charge >= 0.3 is 0 Å². The third kappa shape index (κ3) is 5.91. The van der Waals surface area contributed by atoms with E-state index in [1.54, 1.807) is 0 Å². The van der Waals surface area contributed by atoms with Gasteiger partial charge in [0.2, 0.25) is 0 Å². The van der Waals surface area contributed by atoms with Crippen molar-refractivity contribution in [3.05, 3.63) is 70.3 Å². The maximum Gasteiger partial charge on any atom is 0.122 e. The van der Waals surface area contributed by atoms with Gasteiger partial charge in [0, 0.05) is 5.41 Å². The van der Waals surface area contributed by atoms with Gasteiger partial charge in [0.25, 0.3) is 0 Å². The number of ether oxygens (including phenoxy) is 1. The maximum absolute atomic E-state index is 10.8. The molecule has 0 aliphatic heterocycles. The van der Waals surface area contributed by atoms with Crippen LogP contribution in [0.3, 0.4) is 0 Å². The first kappa shape index (κ1) is 26.5. The predicted molar refractivity (Wildman–Crippen MR) is 139 cm³/mol. The fourth-order valence-corrected chi connectivity index (χ4v) is 5.32. The third-order valence-electron chi connectivity index (χ3n) is 7.69. The van der Waals surface area contributed by atoms with E-state index in [1.807, 2.05) is 19.1 Å². The van der Waals surface area contributed by atoms with Crippen molar-refractivity contribution in [2.24, 2.45) is 0 Å². The molecule has 1 aliphatic carbocycles. The van der Waals surface area contributed by atoms with Gasteiger partial charge in [0.15, 0.2) is 0 Å². The quantitative estimate of drug-likeness (QED) is 0.411. The molecule has 0 unspecified atom stereocenters. The zero-order valence-electron chi connectivity index (χ0n) is 21.3.